The fourth-order valence-electron chi connectivity index (χ4n) is 1.75. The van der Waals surface area contributed by atoms with Crippen LogP contribution in [0.15, 0.2) is 72.5 Å². The molecule has 10 heteroatoms. The van der Waals surface area contributed by atoms with E-state index in [1.165, 1.54) is 13.3 Å². The molecular formula is C19H23CuN5O4. The molecule has 0 fully saturated rings. The van der Waals surface area contributed by atoms with Crippen molar-refractivity contribution in [3.8, 4) is 11.5 Å². The van der Waals surface area contributed by atoms with Gasteiger partial charge in [-0.05, 0) is 30.3 Å². The first-order chi connectivity index (χ1) is 13.0. The zero-order chi connectivity index (χ0) is 20.1. The number of ether oxygens (including phenoxy) is 1. The molecule has 1 radical (unpaired) electrons. The number of carbonyl (C=O) groups is 1. The molecule has 0 aliphatic heterocycles. The van der Waals surface area contributed by atoms with Crippen LogP contribution in [0.3, 0.4) is 0 Å². The van der Waals surface area contributed by atoms with E-state index in [1.54, 1.807) is 48.7 Å². The summed E-state index contributed by atoms with van der Waals surface area (Å²) in [4.78, 5) is 14.3. The number of para-hydroxylation sites is 1. The molecule has 159 valence electrons. The number of amides is 2. The number of hydrazone groups is 1. The number of nitrogens with zero attached hydrogens (tertiary/aromatic N) is 2. The topological polar surface area (TPSA) is 165 Å². The van der Waals surface area contributed by atoms with Gasteiger partial charge in [0.1, 0.15) is 0 Å². The number of pyridine rings is 1. The van der Waals surface area contributed by atoms with Crippen LogP contribution in [0.4, 0.5) is 4.79 Å². The van der Waals surface area contributed by atoms with Gasteiger partial charge in [-0.15, -0.1) is 0 Å². The van der Waals surface area contributed by atoms with Crippen LogP contribution in [0.1, 0.15) is 11.3 Å². The molecule has 1 heterocycles. The number of aromatic nitrogens is 1. The van der Waals surface area contributed by atoms with Crippen LogP contribution >= 0.6 is 0 Å². The van der Waals surface area contributed by atoms with Crippen LogP contribution in [0, 0.1) is 5.41 Å². The van der Waals surface area contributed by atoms with Crippen LogP contribution in [-0.4, -0.2) is 40.6 Å². The molecule has 1 aromatic heterocycles. The third-order valence-corrected chi connectivity index (χ3v) is 2.97. The van der Waals surface area contributed by atoms with E-state index in [-0.39, 0.29) is 28.3 Å². The molecule has 7 N–H and O–H groups in total. The van der Waals surface area contributed by atoms with E-state index >= 15 is 0 Å². The number of carbonyl (C=O) groups excluding carboxylic acids is 1. The second kappa shape index (κ2) is 15.6. The molecule has 0 atom stereocenters. The number of rotatable bonds is 6. The average Bonchev–Trinajstić information content (AvgIpc) is 2.68. The third kappa shape index (κ3) is 10.5. The van der Waals surface area contributed by atoms with Gasteiger partial charge < -0.3 is 21.1 Å². The molecule has 9 nitrogen and oxygen atoms in total. The van der Waals surface area contributed by atoms with E-state index in [9.17, 15) is 9.90 Å². The Morgan fingerprint density at radius 2 is 2.07 bits per heavy atom. The van der Waals surface area contributed by atoms with Gasteiger partial charge in [-0.1, -0.05) is 30.9 Å². The number of phenolic OH excluding ortho intramolecular Hbond substituents is 1. The van der Waals surface area contributed by atoms with Crippen molar-refractivity contribution in [3.05, 3.63) is 78.7 Å². The Morgan fingerprint density at radius 3 is 2.62 bits per heavy atom. The van der Waals surface area contributed by atoms with Crippen molar-refractivity contribution in [2.24, 2.45) is 10.8 Å². The first-order valence-corrected chi connectivity index (χ1v) is 7.73. The molecule has 2 amide bonds. The van der Waals surface area contributed by atoms with Crippen molar-refractivity contribution in [1.82, 2.24) is 10.4 Å². The first-order valence-electron chi connectivity index (χ1n) is 7.73. The van der Waals surface area contributed by atoms with Crippen molar-refractivity contribution in [1.29, 1.82) is 5.41 Å². The summed E-state index contributed by atoms with van der Waals surface area (Å²) in [7, 11) is 1.44. The zero-order valence-corrected chi connectivity index (χ0v) is 16.5. The summed E-state index contributed by atoms with van der Waals surface area (Å²) in [5.74, 6) is 0.285. The van der Waals surface area contributed by atoms with Crippen LogP contribution in [0.5, 0.6) is 11.5 Å². The number of hydrogen-bond donors (Lipinski definition) is 4. The van der Waals surface area contributed by atoms with Gasteiger partial charge in [-0.3, -0.25) is 10.4 Å². The number of methoxy groups -OCH3 is 1. The maximum atomic E-state index is 10.3. The molecule has 0 saturated heterocycles. The molecule has 0 bridgehead atoms. The van der Waals surface area contributed by atoms with Crippen LogP contribution in [-0.2, 0) is 17.1 Å². The third-order valence-electron chi connectivity index (χ3n) is 2.97. The fourth-order valence-corrected chi connectivity index (χ4v) is 1.75. The Labute approximate surface area is 179 Å². The molecule has 29 heavy (non-hydrogen) atoms. The van der Waals surface area contributed by atoms with Crippen molar-refractivity contribution < 1.29 is 37.2 Å². The average molecular weight is 449 g/mol. The van der Waals surface area contributed by atoms with Crippen molar-refractivity contribution >= 4 is 18.0 Å². The molecular weight excluding hydrogens is 426 g/mol. The van der Waals surface area contributed by atoms with E-state index in [1.807, 2.05) is 17.6 Å². The SMILES string of the molecule is C=C/C=C/C(=N)c1ccccn1.COc1cccc(/C=N/NC(N)=O)c1O.O.[Cu]. The van der Waals surface area contributed by atoms with Crippen molar-refractivity contribution in [3.63, 3.8) is 0 Å². The van der Waals surface area contributed by atoms with Gasteiger partial charge in [0, 0.05) is 28.8 Å². The number of hydrogen-bond acceptors (Lipinski definition) is 6. The minimum atomic E-state index is -0.770. The standard InChI is InChI=1S/C10H10N2.C9H11N3O3.Cu.H2O/c1-2-3-6-9(11)10-7-4-5-8-12-10;1-15-7-4-2-3-6(8(7)13)5-11-12-9(10)14;;/h2-8,11H,1H2;2-5,13H,1H3,(H3,10,12,14);;1H2/b6-3+,11-9?;11-5+;;. The number of benzene rings is 1. The van der Waals surface area contributed by atoms with Gasteiger partial charge in [0.05, 0.1) is 24.7 Å². The number of allylic oxidation sites excluding steroid dienone is 3. The zero-order valence-electron chi connectivity index (χ0n) is 15.6. The summed E-state index contributed by atoms with van der Waals surface area (Å²) in [6.07, 6.45) is 7.96. The summed E-state index contributed by atoms with van der Waals surface area (Å²) in [6, 6.07) is 9.62. The molecule has 0 aliphatic rings. The predicted octanol–water partition coefficient (Wildman–Crippen LogP) is 1.77. The van der Waals surface area contributed by atoms with E-state index in [0.717, 1.165) is 0 Å². The predicted molar refractivity (Wildman–Crippen MR) is 109 cm³/mol. The van der Waals surface area contributed by atoms with E-state index in [0.29, 0.717) is 22.7 Å². The maximum absolute atomic E-state index is 10.3. The number of nitrogens with one attached hydrogen (secondary N) is 2. The Kier molecular flexibility index (Phi) is 14.9. The van der Waals surface area contributed by atoms with Crippen LogP contribution < -0.4 is 15.9 Å². The second-order valence-corrected chi connectivity index (χ2v) is 4.86. The molecule has 1 aromatic carbocycles. The van der Waals surface area contributed by atoms with Crippen LogP contribution in [0.2, 0.25) is 0 Å². The molecule has 0 unspecified atom stereocenters. The Morgan fingerprint density at radius 1 is 1.34 bits per heavy atom. The summed E-state index contributed by atoms with van der Waals surface area (Å²) in [5.41, 5.74) is 8.31. The number of urea groups is 1. The summed E-state index contributed by atoms with van der Waals surface area (Å²) in [6.45, 7) is 3.52. The molecule has 2 aromatic rings. The van der Waals surface area contributed by atoms with Gasteiger partial charge in [-0.2, -0.15) is 5.10 Å². The Bertz CT molecular complexity index is 842. The first kappa shape index (κ1) is 27.8. The summed E-state index contributed by atoms with van der Waals surface area (Å²) < 4.78 is 4.89. The summed E-state index contributed by atoms with van der Waals surface area (Å²) in [5, 5.41) is 20.6. The summed E-state index contributed by atoms with van der Waals surface area (Å²) >= 11 is 0. The van der Waals surface area contributed by atoms with E-state index in [4.69, 9.17) is 15.9 Å². The van der Waals surface area contributed by atoms with Crippen LogP contribution in [0.25, 0.3) is 0 Å². The smallest absolute Gasteiger partial charge is 0.332 e. The number of nitrogens with two attached hydrogens (primary N) is 1. The number of phenols is 1. The Balaban J connectivity index is 0. The van der Waals surface area contributed by atoms with Gasteiger partial charge in [-0.25, -0.2) is 10.2 Å². The number of aromatic hydroxyl groups is 1. The molecule has 0 saturated carbocycles. The minimum Gasteiger partial charge on any atom is -0.504 e. The van der Waals surface area contributed by atoms with E-state index < -0.39 is 6.03 Å². The maximum Gasteiger partial charge on any atom is 0.332 e. The van der Waals surface area contributed by atoms with Crippen molar-refractivity contribution in [2.75, 3.05) is 7.11 Å². The largest absolute Gasteiger partial charge is 0.504 e. The fraction of sp³-hybridized carbons (Fsp3) is 0.0526. The van der Waals surface area contributed by atoms with E-state index in [2.05, 4.69) is 16.7 Å². The quantitative estimate of drug-likeness (QED) is 0.229. The van der Waals surface area contributed by atoms with Gasteiger partial charge in [0.2, 0.25) is 0 Å². The molecule has 0 spiro atoms. The number of primary amides is 1. The van der Waals surface area contributed by atoms with Gasteiger partial charge in [0.25, 0.3) is 0 Å². The van der Waals surface area contributed by atoms with Gasteiger partial charge in [0.15, 0.2) is 11.5 Å². The monoisotopic (exact) mass is 448 g/mol. The molecule has 2 rings (SSSR count). The Hall–Kier alpha value is -3.46. The molecule has 0 aliphatic carbocycles. The normalized spacial score (nSPS) is 9.41. The van der Waals surface area contributed by atoms with Gasteiger partial charge >= 0.3 is 6.03 Å². The van der Waals surface area contributed by atoms with Crippen molar-refractivity contribution in [2.45, 2.75) is 0 Å². The second-order valence-electron chi connectivity index (χ2n) is 4.86. The minimum absolute atomic E-state index is 0.